The van der Waals surface area contributed by atoms with E-state index >= 15 is 0 Å². The highest BCUT2D eigenvalue weighted by atomic mass is 32.2. The van der Waals surface area contributed by atoms with Crippen molar-refractivity contribution >= 4 is 32.2 Å². The van der Waals surface area contributed by atoms with Crippen LogP contribution in [0.2, 0.25) is 0 Å². The molecule has 8 heteroatoms. The third-order valence-corrected chi connectivity index (χ3v) is 6.01. The van der Waals surface area contributed by atoms with Crippen molar-refractivity contribution in [1.82, 2.24) is 10.3 Å². The van der Waals surface area contributed by atoms with E-state index in [0.29, 0.717) is 17.6 Å². The maximum absolute atomic E-state index is 11.9. The Morgan fingerprint density at radius 3 is 3.00 bits per heavy atom. The van der Waals surface area contributed by atoms with E-state index in [2.05, 4.69) is 15.6 Å². The fourth-order valence-corrected chi connectivity index (χ4v) is 4.56. The standard InChI is InChI=1S/C12H17N3O3S2/c16-11(5-9-7-20(17,18)4-3-13-9)15-12-14-10(6-19-12)8-1-2-8/h6,8-9,13H,1-5,7H2,(H,14,15,16). The quantitative estimate of drug-likeness (QED) is 0.855. The Kier molecular flexibility index (Phi) is 3.78. The van der Waals surface area contributed by atoms with Crippen LogP contribution in [0, 0.1) is 0 Å². The molecule has 1 unspecified atom stereocenters. The lowest BCUT2D eigenvalue weighted by atomic mass is 10.2. The van der Waals surface area contributed by atoms with Gasteiger partial charge in [0.1, 0.15) is 0 Å². The zero-order chi connectivity index (χ0) is 14.2. The molecule has 1 saturated carbocycles. The number of amides is 1. The first-order chi connectivity index (χ1) is 9.52. The van der Waals surface area contributed by atoms with Gasteiger partial charge in [0, 0.05) is 30.3 Å². The molecule has 1 saturated heterocycles. The lowest BCUT2D eigenvalue weighted by Crippen LogP contribution is -2.46. The zero-order valence-electron chi connectivity index (χ0n) is 11.0. The highest BCUT2D eigenvalue weighted by molar-refractivity contribution is 7.91. The minimum absolute atomic E-state index is 0.0333. The summed E-state index contributed by atoms with van der Waals surface area (Å²) in [5.74, 6) is 0.576. The van der Waals surface area contributed by atoms with E-state index in [4.69, 9.17) is 0 Å². The van der Waals surface area contributed by atoms with Crippen molar-refractivity contribution in [3.63, 3.8) is 0 Å². The van der Waals surface area contributed by atoms with Crippen LogP contribution in [0.1, 0.15) is 30.9 Å². The van der Waals surface area contributed by atoms with Crippen LogP contribution in [0.15, 0.2) is 5.38 Å². The van der Waals surface area contributed by atoms with Crippen molar-refractivity contribution in [3.05, 3.63) is 11.1 Å². The van der Waals surface area contributed by atoms with E-state index in [0.717, 1.165) is 5.69 Å². The number of carbonyl (C=O) groups excluding carboxylic acids is 1. The molecule has 6 nitrogen and oxygen atoms in total. The van der Waals surface area contributed by atoms with Crippen LogP contribution in [0.5, 0.6) is 0 Å². The Morgan fingerprint density at radius 2 is 2.30 bits per heavy atom. The lowest BCUT2D eigenvalue weighted by Gasteiger charge is -2.22. The number of anilines is 1. The molecule has 1 amide bonds. The molecule has 1 aromatic rings. The van der Waals surface area contributed by atoms with Gasteiger partial charge in [-0.25, -0.2) is 13.4 Å². The molecule has 0 aromatic carbocycles. The summed E-state index contributed by atoms with van der Waals surface area (Å²) in [6.45, 7) is 0.420. The van der Waals surface area contributed by atoms with E-state index in [1.165, 1.54) is 24.2 Å². The molecule has 2 fully saturated rings. The number of hydrogen-bond acceptors (Lipinski definition) is 6. The zero-order valence-corrected chi connectivity index (χ0v) is 12.6. The van der Waals surface area contributed by atoms with Gasteiger partial charge in [-0.15, -0.1) is 11.3 Å². The second-order valence-electron chi connectivity index (χ2n) is 5.37. The van der Waals surface area contributed by atoms with Crippen molar-refractivity contribution < 1.29 is 13.2 Å². The molecule has 0 bridgehead atoms. The first-order valence-electron chi connectivity index (χ1n) is 6.71. The third-order valence-electron chi connectivity index (χ3n) is 3.50. The number of rotatable bonds is 4. The van der Waals surface area contributed by atoms with Crippen molar-refractivity contribution in [3.8, 4) is 0 Å². The maximum atomic E-state index is 11.9. The summed E-state index contributed by atoms with van der Waals surface area (Å²) in [5, 5.41) is 8.41. The molecule has 1 aromatic heterocycles. The van der Waals surface area contributed by atoms with Gasteiger partial charge in [-0.3, -0.25) is 4.79 Å². The normalized spacial score (nSPS) is 25.3. The average Bonchev–Trinajstić information content (AvgIpc) is 3.09. The van der Waals surface area contributed by atoms with Crippen LogP contribution in [0.4, 0.5) is 5.13 Å². The van der Waals surface area contributed by atoms with E-state index in [1.54, 1.807) is 0 Å². The predicted molar refractivity (Wildman–Crippen MR) is 77.8 cm³/mol. The van der Waals surface area contributed by atoms with Crippen molar-refractivity contribution in [2.24, 2.45) is 0 Å². The maximum Gasteiger partial charge on any atom is 0.227 e. The second-order valence-corrected chi connectivity index (χ2v) is 8.46. The number of nitrogens with zero attached hydrogens (tertiary/aromatic N) is 1. The monoisotopic (exact) mass is 315 g/mol. The fraction of sp³-hybridized carbons (Fsp3) is 0.667. The number of carbonyl (C=O) groups is 1. The molecule has 0 spiro atoms. The Bertz CT molecular complexity index is 607. The van der Waals surface area contributed by atoms with Gasteiger partial charge in [-0.2, -0.15) is 0 Å². The van der Waals surface area contributed by atoms with Crippen molar-refractivity contribution in [1.29, 1.82) is 0 Å². The van der Waals surface area contributed by atoms with Crippen LogP contribution in [0.3, 0.4) is 0 Å². The molecule has 1 aliphatic carbocycles. The van der Waals surface area contributed by atoms with Crippen LogP contribution in [-0.2, 0) is 14.6 Å². The Labute approximate surface area is 121 Å². The average molecular weight is 315 g/mol. The molecule has 110 valence electrons. The first kappa shape index (κ1) is 14.0. The number of aromatic nitrogens is 1. The summed E-state index contributed by atoms with van der Waals surface area (Å²) in [4.78, 5) is 16.3. The largest absolute Gasteiger partial charge is 0.311 e. The Hall–Kier alpha value is -0.990. The molecular weight excluding hydrogens is 298 g/mol. The van der Waals surface area contributed by atoms with Gasteiger partial charge < -0.3 is 10.6 Å². The highest BCUT2D eigenvalue weighted by Crippen LogP contribution is 2.40. The molecule has 2 aliphatic rings. The van der Waals surface area contributed by atoms with Crippen molar-refractivity contribution in [2.75, 3.05) is 23.4 Å². The SMILES string of the molecule is O=C(CC1CS(=O)(=O)CCN1)Nc1nc(C2CC2)cs1. The minimum atomic E-state index is -3.00. The molecular formula is C12H17N3O3S2. The summed E-state index contributed by atoms with van der Waals surface area (Å²) < 4.78 is 23.0. The summed E-state index contributed by atoms with van der Waals surface area (Å²) in [6.07, 6.45) is 2.53. The van der Waals surface area contributed by atoms with Crippen LogP contribution in [-0.4, -0.2) is 43.4 Å². The number of nitrogens with one attached hydrogen (secondary N) is 2. The fourth-order valence-electron chi connectivity index (χ4n) is 2.30. The van der Waals surface area contributed by atoms with Gasteiger partial charge in [0.05, 0.1) is 17.2 Å². The van der Waals surface area contributed by atoms with Crippen LogP contribution in [0.25, 0.3) is 0 Å². The molecule has 1 atom stereocenters. The molecule has 3 rings (SSSR count). The molecule has 1 aliphatic heterocycles. The van der Waals surface area contributed by atoms with Crippen LogP contribution >= 0.6 is 11.3 Å². The Balaban J connectivity index is 1.53. The van der Waals surface area contributed by atoms with Gasteiger partial charge in [0.2, 0.25) is 5.91 Å². The van der Waals surface area contributed by atoms with Gasteiger partial charge >= 0.3 is 0 Å². The molecule has 0 radical (unpaired) electrons. The van der Waals surface area contributed by atoms with Gasteiger partial charge in [0.25, 0.3) is 0 Å². The topological polar surface area (TPSA) is 88.2 Å². The van der Waals surface area contributed by atoms with E-state index < -0.39 is 9.84 Å². The summed E-state index contributed by atoms with van der Waals surface area (Å²) in [6, 6.07) is -0.295. The van der Waals surface area contributed by atoms with E-state index in [-0.39, 0.29) is 29.9 Å². The summed E-state index contributed by atoms with van der Waals surface area (Å²) in [7, 11) is -3.00. The van der Waals surface area contributed by atoms with Crippen LogP contribution < -0.4 is 10.6 Å². The molecule has 2 heterocycles. The van der Waals surface area contributed by atoms with Gasteiger partial charge in [0.15, 0.2) is 15.0 Å². The summed E-state index contributed by atoms with van der Waals surface area (Å²) in [5.41, 5.74) is 1.06. The highest BCUT2D eigenvalue weighted by Gasteiger charge is 2.28. The number of thiazole rings is 1. The smallest absolute Gasteiger partial charge is 0.227 e. The predicted octanol–water partition coefficient (Wildman–Crippen LogP) is 0.736. The minimum Gasteiger partial charge on any atom is -0.311 e. The van der Waals surface area contributed by atoms with E-state index in [9.17, 15) is 13.2 Å². The van der Waals surface area contributed by atoms with E-state index in [1.807, 2.05) is 5.38 Å². The number of sulfone groups is 1. The Morgan fingerprint density at radius 1 is 1.50 bits per heavy atom. The number of hydrogen-bond donors (Lipinski definition) is 2. The second kappa shape index (κ2) is 5.42. The summed E-state index contributed by atoms with van der Waals surface area (Å²) >= 11 is 1.43. The molecule has 2 N–H and O–H groups in total. The van der Waals surface area contributed by atoms with Gasteiger partial charge in [-0.05, 0) is 12.8 Å². The molecule has 20 heavy (non-hydrogen) atoms. The van der Waals surface area contributed by atoms with Crippen molar-refractivity contribution in [2.45, 2.75) is 31.2 Å². The lowest BCUT2D eigenvalue weighted by molar-refractivity contribution is -0.116. The van der Waals surface area contributed by atoms with Gasteiger partial charge in [-0.1, -0.05) is 0 Å². The first-order valence-corrected chi connectivity index (χ1v) is 9.41. The third kappa shape index (κ3) is 3.56.